The average Bonchev–Trinajstić information content (AvgIpc) is 3.42. The van der Waals surface area contributed by atoms with Crippen molar-refractivity contribution in [2.45, 2.75) is 79.4 Å². The van der Waals surface area contributed by atoms with Gasteiger partial charge < -0.3 is 19.1 Å². The van der Waals surface area contributed by atoms with E-state index in [0.717, 1.165) is 84.7 Å². The molecule has 2 heterocycles. The van der Waals surface area contributed by atoms with Gasteiger partial charge in [0.05, 0.1) is 11.0 Å². The minimum atomic E-state index is 0.126. The van der Waals surface area contributed by atoms with E-state index in [1.165, 1.54) is 32.4 Å². The lowest BCUT2D eigenvalue weighted by Gasteiger charge is -2.26. The normalized spacial score (nSPS) is 14.0. The molecule has 1 fully saturated rings. The number of piperidine rings is 1. The predicted octanol–water partition coefficient (Wildman–Crippen LogP) is 8.69. The molecule has 0 aliphatic carbocycles. The van der Waals surface area contributed by atoms with Gasteiger partial charge >= 0.3 is 0 Å². The van der Waals surface area contributed by atoms with Crippen molar-refractivity contribution in [1.82, 2.24) is 19.4 Å². The first-order valence-corrected chi connectivity index (χ1v) is 17.2. The number of aromatic nitrogens is 2. The summed E-state index contributed by atoms with van der Waals surface area (Å²) in [5, 5.41) is 0. The lowest BCUT2D eigenvalue weighted by atomic mass is 10.1. The zero-order valence-electron chi connectivity index (χ0n) is 27.9. The first kappa shape index (κ1) is 32.7. The van der Waals surface area contributed by atoms with E-state index in [9.17, 15) is 4.79 Å². The molecule has 0 bridgehead atoms. The van der Waals surface area contributed by atoms with E-state index >= 15 is 0 Å². The number of ether oxygens (including phenoxy) is 1. The van der Waals surface area contributed by atoms with Crippen LogP contribution in [0.4, 0.5) is 0 Å². The highest BCUT2D eigenvalue weighted by atomic mass is 16.5. The van der Waals surface area contributed by atoms with E-state index in [0.29, 0.717) is 18.4 Å². The number of hydrogen-bond donors (Lipinski definition) is 0. The Morgan fingerprint density at radius 1 is 0.844 bits per heavy atom. The summed E-state index contributed by atoms with van der Waals surface area (Å²) < 4.78 is 8.40. The van der Waals surface area contributed by atoms with Crippen LogP contribution in [0.3, 0.4) is 0 Å². The van der Waals surface area contributed by atoms with Crippen LogP contribution < -0.4 is 4.74 Å². The molecule has 1 saturated heterocycles. The predicted molar refractivity (Wildman–Crippen MR) is 186 cm³/mol. The Bertz CT molecular complexity index is 1480. The number of nitrogens with zero attached hydrogens (tertiary/aromatic N) is 4. The molecule has 240 valence electrons. The van der Waals surface area contributed by atoms with E-state index < -0.39 is 0 Å². The minimum Gasteiger partial charge on any atom is -0.489 e. The third-order valence-corrected chi connectivity index (χ3v) is 8.90. The summed E-state index contributed by atoms with van der Waals surface area (Å²) in [6, 6.07) is 24.6. The van der Waals surface area contributed by atoms with Crippen LogP contribution >= 0.6 is 0 Å². The van der Waals surface area contributed by atoms with Gasteiger partial charge in [-0.1, -0.05) is 64.4 Å². The summed E-state index contributed by atoms with van der Waals surface area (Å²) in [7, 11) is 0. The molecule has 1 aromatic heterocycles. The van der Waals surface area contributed by atoms with Gasteiger partial charge in [0, 0.05) is 30.8 Å². The summed E-state index contributed by atoms with van der Waals surface area (Å²) in [5.41, 5.74) is 4.92. The number of carbonyl (C=O) groups excluding carboxylic acids is 1. The standard InChI is InChI=1S/C39H52N4O2/c1-30(2)20-26-42(27-21-31(3)4)39(44)34-16-19-36-37(28-34)43(25-11-24-41-22-9-6-10-23-41)38(40-36)33-14-17-35(18-15-33)45-29-32-12-7-5-8-13-32/h5,7-8,12-19,28,30-31H,6,9-11,20-27,29H2,1-4H3. The maximum Gasteiger partial charge on any atom is 0.253 e. The molecule has 0 N–H and O–H groups in total. The Morgan fingerprint density at radius 2 is 1.53 bits per heavy atom. The average molecular weight is 609 g/mol. The van der Waals surface area contributed by atoms with E-state index in [4.69, 9.17) is 9.72 Å². The van der Waals surface area contributed by atoms with Crippen molar-refractivity contribution >= 4 is 16.9 Å². The van der Waals surface area contributed by atoms with Crippen LogP contribution in [0.5, 0.6) is 5.75 Å². The summed E-state index contributed by atoms with van der Waals surface area (Å²) in [6.07, 6.45) is 7.01. The van der Waals surface area contributed by atoms with Crippen molar-refractivity contribution in [3.05, 3.63) is 83.9 Å². The van der Waals surface area contributed by atoms with Crippen LogP contribution in [0.25, 0.3) is 22.4 Å². The number of fused-ring (bicyclic) bond motifs is 1. The summed E-state index contributed by atoms with van der Waals surface area (Å²) >= 11 is 0. The Labute approximate surface area is 270 Å². The van der Waals surface area contributed by atoms with E-state index in [-0.39, 0.29) is 5.91 Å². The smallest absolute Gasteiger partial charge is 0.253 e. The third-order valence-electron chi connectivity index (χ3n) is 8.90. The maximum atomic E-state index is 13.9. The Morgan fingerprint density at radius 3 is 2.20 bits per heavy atom. The topological polar surface area (TPSA) is 50.6 Å². The fraction of sp³-hybridized carbons (Fsp3) is 0.487. The highest BCUT2D eigenvalue weighted by molar-refractivity contribution is 5.98. The molecule has 0 radical (unpaired) electrons. The second kappa shape index (κ2) is 16.1. The minimum absolute atomic E-state index is 0.126. The van der Waals surface area contributed by atoms with Gasteiger partial charge in [0.2, 0.25) is 0 Å². The highest BCUT2D eigenvalue weighted by Gasteiger charge is 2.20. The molecule has 45 heavy (non-hydrogen) atoms. The maximum absolute atomic E-state index is 13.9. The largest absolute Gasteiger partial charge is 0.489 e. The molecule has 6 heteroatoms. The number of likely N-dealkylation sites (tertiary alicyclic amines) is 1. The Kier molecular flexibility index (Phi) is 11.7. The van der Waals surface area contributed by atoms with Gasteiger partial charge in [-0.15, -0.1) is 0 Å². The molecular weight excluding hydrogens is 556 g/mol. The molecule has 0 spiro atoms. The zero-order valence-corrected chi connectivity index (χ0v) is 27.9. The van der Waals surface area contributed by atoms with Gasteiger partial charge in [0.1, 0.15) is 18.2 Å². The van der Waals surface area contributed by atoms with Gasteiger partial charge in [-0.25, -0.2) is 4.98 Å². The summed E-state index contributed by atoms with van der Waals surface area (Å²) in [4.78, 5) is 23.7. The van der Waals surface area contributed by atoms with Crippen LogP contribution in [0.2, 0.25) is 0 Å². The molecule has 4 aromatic rings. The first-order chi connectivity index (χ1) is 21.9. The molecule has 0 saturated carbocycles. The van der Waals surface area contributed by atoms with E-state index in [1.54, 1.807) is 0 Å². The van der Waals surface area contributed by atoms with Gasteiger partial charge in [-0.3, -0.25) is 4.79 Å². The van der Waals surface area contributed by atoms with Crippen LogP contribution in [-0.4, -0.2) is 58.0 Å². The molecule has 0 atom stereocenters. The van der Waals surface area contributed by atoms with Crippen LogP contribution in [0.15, 0.2) is 72.8 Å². The SMILES string of the molecule is CC(C)CCN(CCC(C)C)C(=O)c1ccc2nc(-c3ccc(OCc4ccccc4)cc3)n(CCCN3CCCCC3)c2c1. The molecular formula is C39H52N4O2. The number of carbonyl (C=O) groups is 1. The van der Waals surface area contributed by atoms with Crippen LogP contribution in [0.1, 0.15) is 82.1 Å². The molecule has 1 aliphatic rings. The van der Waals surface area contributed by atoms with Gasteiger partial charge in [-0.2, -0.15) is 0 Å². The second-order valence-electron chi connectivity index (χ2n) is 13.5. The fourth-order valence-corrected chi connectivity index (χ4v) is 6.10. The number of hydrogen-bond acceptors (Lipinski definition) is 4. The van der Waals surface area contributed by atoms with Gasteiger partial charge in [0.25, 0.3) is 5.91 Å². The number of rotatable bonds is 15. The van der Waals surface area contributed by atoms with Gasteiger partial charge in [0.15, 0.2) is 0 Å². The molecule has 0 unspecified atom stereocenters. The monoisotopic (exact) mass is 608 g/mol. The van der Waals surface area contributed by atoms with E-state index in [1.807, 2.05) is 42.5 Å². The quantitative estimate of drug-likeness (QED) is 0.135. The van der Waals surface area contributed by atoms with Crippen molar-refractivity contribution in [2.24, 2.45) is 11.8 Å². The first-order valence-electron chi connectivity index (χ1n) is 17.2. The lowest BCUT2D eigenvalue weighted by Crippen LogP contribution is -2.34. The fourth-order valence-electron chi connectivity index (χ4n) is 6.10. The van der Waals surface area contributed by atoms with Crippen molar-refractivity contribution in [2.75, 3.05) is 32.7 Å². The summed E-state index contributed by atoms with van der Waals surface area (Å²) in [6.45, 7) is 15.4. The molecule has 3 aromatic carbocycles. The van der Waals surface area contributed by atoms with Gasteiger partial charge in [-0.05, 0) is 112 Å². The molecule has 6 nitrogen and oxygen atoms in total. The van der Waals surface area contributed by atoms with Crippen molar-refractivity contribution in [3.8, 4) is 17.1 Å². The number of amides is 1. The number of imidazole rings is 1. The van der Waals surface area contributed by atoms with Crippen molar-refractivity contribution in [3.63, 3.8) is 0 Å². The Balaban J connectivity index is 1.41. The lowest BCUT2D eigenvalue weighted by molar-refractivity contribution is 0.0741. The summed E-state index contributed by atoms with van der Waals surface area (Å²) in [5.74, 6) is 3.02. The van der Waals surface area contributed by atoms with Crippen molar-refractivity contribution in [1.29, 1.82) is 0 Å². The number of aryl methyl sites for hydroxylation is 1. The highest BCUT2D eigenvalue weighted by Crippen LogP contribution is 2.29. The second-order valence-corrected chi connectivity index (χ2v) is 13.5. The Hall–Kier alpha value is -3.64. The van der Waals surface area contributed by atoms with Crippen LogP contribution in [-0.2, 0) is 13.2 Å². The van der Waals surface area contributed by atoms with Crippen molar-refractivity contribution < 1.29 is 9.53 Å². The number of benzene rings is 3. The zero-order chi connectivity index (χ0) is 31.6. The molecule has 1 aliphatic heterocycles. The molecule has 1 amide bonds. The third kappa shape index (κ3) is 9.20. The van der Waals surface area contributed by atoms with Crippen LogP contribution in [0, 0.1) is 11.8 Å². The van der Waals surface area contributed by atoms with E-state index in [2.05, 4.69) is 72.4 Å². The molecule has 5 rings (SSSR count).